The third-order valence-electron chi connectivity index (χ3n) is 14.0. The lowest BCUT2D eigenvalue weighted by atomic mass is 9.32. The standard InChI is InChI=1S/C38H48N2O5/c1-34-13-10-26(41)23-36(34)16-17-38(27(24-36)33(42)30-9-6-22-45-30)31(34)11-14-35(2)32(38)12-15-37(35,43)25-39-18-20-40(21-19-39)28-7-4-5-8-29(28)44-3/h4-9,16-17,22,24,26,31-32,41,43H,10-15,18-21,23,25H2,1-3H3. The quantitative estimate of drug-likeness (QED) is 0.311. The number of ketones is 1. The molecular weight excluding hydrogens is 564 g/mol. The van der Waals surface area contributed by atoms with Crippen molar-refractivity contribution in [3.8, 4) is 5.75 Å². The molecule has 240 valence electrons. The van der Waals surface area contributed by atoms with Crippen LogP contribution in [0.15, 0.2) is 70.9 Å². The highest BCUT2D eigenvalue weighted by Crippen LogP contribution is 2.78. The number of allylic oxidation sites excluding steroid dienone is 4. The Kier molecular flexibility index (Phi) is 6.60. The van der Waals surface area contributed by atoms with Crippen LogP contribution < -0.4 is 9.64 Å². The number of rotatable bonds is 6. The summed E-state index contributed by atoms with van der Waals surface area (Å²) in [5, 5.41) is 23.6. The molecular formula is C38H48N2O5. The summed E-state index contributed by atoms with van der Waals surface area (Å²) < 4.78 is 11.3. The summed E-state index contributed by atoms with van der Waals surface area (Å²) in [6, 6.07) is 11.8. The van der Waals surface area contributed by atoms with E-state index in [1.807, 2.05) is 12.1 Å². The van der Waals surface area contributed by atoms with Crippen molar-refractivity contribution >= 4 is 11.5 Å². The first-order valence-electron chi connectivity index (χ1n) is 17.1. The van der Waals surface area contributed by atoms with Crippen molar-refractivity contribution in [2.75, 3.05) is 44.7 Å². The van der Waals surface area contributed by atoms with Crippen LogP contribution in [-0.2, 0) is 0 Å². The molecule has 1 aromatic heterocycles. The van der Waals surface area contributed by atoms with Crippen molar-refractivity contribution in [3.05, 3.63) is 72.2 Å². The molecule has 2 bridgehead atoms. The Morgan fingerprint density at radius 2 is 1.69 bits per heavy atom. The summed E-state index contributed by atoms with van der Waals surface area (Å²) >= 11 is 0. The van der Waals surface area contributed by atoms with Crippen molar-refractivity contribution in [2.24, 2.45) is 33.5 Å². The van der Waals surface area contributed by atoms with E-state index in [4.69, 9.17) is 9.15 Å². The van der Waals surface area contributed by atoms with Crippen LogP contribution in [-0.4, -0.2) is 72.4 Å². The van der Waals surface area contributed by atoms with Crippen LogP contribution in [0, 0.1) is 33.5 Å². The average Bonchev–Trinajstić information content (AvgIpc) is 3.68. The van der Waals surface area contributed by atoms with Crippen molar-refractivity contribution in [2.45, 2.75) is 70.5 Å². The minimum absolute atomic E-state index is 0.0250. The number of β-amino-alcohol motifs (C(OH)–C–C–N with tert-alkyl or cyclic N) is 1. The van der Waals surface area contributed by atoms with Crippen molar-refractivity contribution in [1.82, 2.24) is 4.90 Å². The Bertz CT molecular complexity index is 1540. The highest BCUT2D eigenvalue weighted by molar-refractivity contribution is 6.08. The fourth-order valence-electron chi connectivity index (χ4n) is 11.5. The number of hydrogen-bond donors (Lipinski definition) is 2. The molecule has 1 aromatic carbocycles. The normalized spacial score (nSPS) is 42.1. The van der Waals surface area contributed by atoms with E-state index in [-0.39, 0.29) is 40.0 Å². The van der Waals surface area contributed by atoms with Gasteiger partial charge in [0.05, 0.1) is 30.8 Å². The van der Waals surface area contributed by atoms with E-state index in [1.54, 1.807) is 25.5 Å². The first-order chi connectivity index (χ1) is 21.6. The number of aliphatic hydroxyl groups excluding tert-OH is 1. The number of anilines is 1. The SMILES string of the molecule is COc1ccccc1N1CCN(CC2(O)CCC3C45C=CC6(C=C4C(=O)c4ccco4)CC(O)CCC6(C)C5CCC32C)CC1. The topological polar surface area (TPSA) is 86.4 Å². The second kappa shape index (κ2) is 10.1. The number of aliphatic hydroxyl groups is 2. The van der Waals surface area contributed by atoms with Gasteiger partial charge >= 0.3 is 0 Å². The van der Waals surface area contributed by atoms with Crippen LogP contribution >= 0.6 is 0 Å². The second-order valence-electron chi connectivity index (χ2n) is 15.6. The first kappa shape index (κ1) is 29.5. The minimum Gasteiger partial charge on any atom is -0.495 e. The molecule has 0 radical (unpaired) electrons. The van der Waals surface area contributed by atoms with E-state index in [9.17, 15) is 15.0 Å². The third-order valence-corrected chi connectivity index (χ3v) is 14.0. The van der Waals surface area contributed by atoms with Crippen LogP contribution in [0.1, 0.15) is 69.3 Å². The fourth-order valence-corrected chi connectivity index (χ4v) is 11.5. The summed E-state index contributed by atoms with van der Waals surface area (Å²) in [5.74, 6) is 1.69. The molecule has 2 heterocycles. The molecule has 7 nitrogen and oxygen atoms in total. The van der Waals surface area contributed by atoms with Crippen LogP contribution in [0.3, 0.4) is 0 Å². The molecule has 2 aromatic rings. The number of carbonyl (C=O) groups is 1. The minimum atomic E-state index is -0.841. The smallest absolute Gasteiger partial charge is 0.224 e. The van der Waals surface area contributed by atoms with Crippen LogP contribution in [0.25, 0.3) is 0 Å². The predicted molar refractivity (Wildman–Crippen MR) is 173 cm³/mol. The van der Waals surface area contributed by atoms with Crippen LogP contribution in [0.2, 0.25) is 0 Å². The van der Waals surface area contributed by atoms with E-state index in [0.717, 1.165) is 81.7 Å². The van der Waals surface area contributed by atoms with Crippen molar-refractivity contribution in [3.63, 3.8) is 0 Å². The van der Waals surface area contributed by atoms with Crippen LogP contribution in [0.5, 0.6) is 5.75 Å². The van der Waals surface area contributed by atoms with Gasteiger partial charge in [-0.25, -0.2) is 0 Å². The Morgan fingerprint density at radius 1 is 0.956 bits per heavy atom. The maximum absolute atomic E-state index is 14.4. The Morgan fingerprint density at radius 3 is 2.44 bits per heavy atom. The second-order valence-corrected chi connectivity index (χ2v) is 15.6. The fraction of sp³-hybridized carbons (Fsp3) is 0.605. The van der Waals surface area contributed by atoms with Gasteiger partial charge < -0.3 is 24.3 Å². The number of benzene rings is 1. The molecule has 4 fully saturated rings. The largest absolute Gasteiger partial charge is 0.495 e. The van der Waals surface area contributed by atoms with Crippen molar-refractivity contribution in [1.29, 1.82) is 0 Å². The first-order valence-corrected chi connectivity index (χ1v) is 17.1. The monoisotopic (exact) mass is 612 g/mol. The van der Waals surface area contributed by atoms with Crippen LogP contribution in [0.4, 0.5) is 5.69 Å². The van der Waals surface area contributed by atoms with Gasteiger partial charge in [0.25, 0.3) is 0 Å². The number of para-hydroxylation sites is 2. The number of methoxy groups -OCH3 is 1. The number of fused-ring (bicyclic) bond motifs is 1. The van der Waals surface area contributed by atoms with Gasteiger partial charge in [0.15, 0.2) is 5.76 Å². The van der Waals surface area contributed by atoms with Crippen molar-refractivity contribution < 1.29 is 24.2 Å². The number of carbonyl (C=O) groups excluding carboxylic acids is 1. The number of furan rings is 1. The molecule has 9 rings (SSSR count). The molecule has 7 heteroatoms. The summed E-state index contributed by atoms with van der Waals surface area (Å²) in [4.78, 5) is 19.2. The number of ether oxygens (including phenoxy) is 1. The number of hydrogen-bond acceptors (Lipinski definition) is 7. The molecule has 1 saturated heterocycles. The maximum Gasteiger partial charge on any atom is 0.224 e. The lowest BCUT2D eigenvalue weighted by Crippen LogP contribution is -2.67. The van der Waals surface area contributed by atoms with Gasteiger partial charge in [-0.2, -0.15) is 0 Å². The molecule has 1 aliphatic heterocycles. The summed E-state index contributed by atoms with van der Waals surface area (Å²) in [6.07, 6.45) is 14.2. The van der Waals surface area contributed by atoms with E-state index >= 15 is 0 Å². The summed E-state index contributed by atoms with van der Waals surface area (Å²) in [6.45, 7) is 8.97. The average molecular weight is 613 g/mol. The molecule has 2 N–H and O–H groups in total. The maximum atomic E-state index is 14.4. The van der Waals surface area contributed by atoms with Gasteiger partial charge in [-0.05, 0) is 86.5 Å². The van der Waals surface area contributed by atoms with Gasteiger partial charge in [-0.15, -0.1) is 0 Å². The Balaban J connectivity index is 1.11. The highest BCUT2D eigenvalue weighted by Gasteiger charge is 2.74. The molecule has 45 heavy (non-hydrogen) atoms. The molecule has 3 saturated carbocycles. The van der Waals surface area contributed by atoms with E-state index < -0.39 is 11.0 Å². The lowest BCUT2D eigenvalue weighted by Gasteiger charge is -2.71. The molecule has 6 aliphatic carbocycles. The molecule has 7 aliphatic rings. The van der Waals surface area contributed by atoms with E-state index in [0.29, 0.717) is 18.7 Å². The molecule has 8 atom stereocenters. The zero-order chi connectivity index (χ0) is 31.2. The molecule has 0 amide bonds. The number of nitrogens with zero attached hydrogens (tertiary/aromatic N) is 2. The Labute approximate surface area is 266 Å². The number of Topliss-reactive ketones (excluding diaryl/α,β-unsaturated/α-hetero) is 1. The van der Waals surface area contributed by atoms with Gasteiger partial charge in [-0.1, -0.05) is 44.2 Å². The van der Waals surface area contributed by atoms with E-state index in [1.165, 1.54) is 0 Å². The third kappa shape index (κ3) is 3.90. The zero-order valence-corrected chi connectivity index (χ0v) is 27.0. The number of piperazine rings is 1. The van der Waals surface area contributed by atoms with E-state index in [2.05, 4.69) is 54.0 Å². The van der Waals surface area contributed by atoms with Gasteiger partial charge in [0.1, 0.15) is 5.75 Å². The van der Waals surface area contributed by atoms with Gasteiger partial charge in [-0.3, -0.25) is 9.69 Å². The summed E-state index contributed by atoms with van der Waals surface area (Å²) in [5.41, 5.74) is -0.0245. The molecule has 8 unspecified atom stereocenters. The van der Waals surface area contributed by atoms with Gasteiger partial charge in [0.2, 0.25) is 5.78 Å². The highest BCUT2D eigenvalue weighted by atomic mass is 16.5. The predicted octanol–water partition coefficient (Wildman–Crippen LogP) is 5.88. The Hall–Kier alpha value is -2.87. The van der Waals surface area contributed by atoms with Gasteiger partial charge in [0, 0.05) is 54.5 Å². The molecule has 2 spiro atoms. The lowest BCUT2D eigenvalue weighted by molar-refractivity contribution is -0.176. The zero-order valence-electron chi connectivity index (χ0n) is 27.0. The summed E-state index contributed by atoms with van der Waals surface area (Å²) in [7, 11) is 1.73.